The van der Waals surface area contributed by atoms with Gasteiger partial charge in [-0.2, -0.15) is 0 Å². The summed E-state index contributed by atoms with van der Waals surface area (Å²) in [7, 11) is 2.28. The van der Waals surface area contributed by atoms with E-state index in [1.165, 1.54) is 8.58 Å². The summed E-state index contributed by atoms with van der Waals surface area (Å²) in [5, 5.41) is 0. The Labute approximate surface area is 41.3 Å². The van der Waals surface area contributed by atoms with Crippen LogP contribution in [-0.2, 0) is 0 Å². The van der Waals surface area contributed by atoms with Crippen molar-refractivity contribution in [2.24, 2.45) is 0 Å². The van der Waals surface area contributed by atoms with Crippen LogP contribution in [0, 0.1) is 0 Å². The van der Waals surface area contributed by atoms with Crippen molar-refractivity contribution in [2.75, 3.05) is 0 Å². The Morgan fingerprint density at radius 3 is 2.00 bits per heavy atom. The lowest BCUT2D eigenvalue weighted by Crippen LogP contribution is -1.43. The third-order valence-corrected chi connectivity index (χ3v) is 2.44. The molecule has 0 aromatic rings. The molecule has 1 heterocycles. The minimum absolute atomic E-state index is 0.934. The summed E-state index contributed by atoms with van der Waals surface area (Å²) in [6.07, 6.45) is 0. The first kappa shape index (κ1) is 4.50. The zero-order valence-corrected chi connectivity index (χ0v) is 5.15. The molecule has 1 aliphatic heterocycles. The van der Waals surface area contributed by atoms with Crippen LogP contribution in [0.1, 0.15) is 0 Å². The molecule has 0 nitrogen and oxygen atoms in total. The molecule has 6 heavy (non-hydrogen) atoms. The Hall–Kier alpha value is 0.340. The van der Waals surface area contributed by atoms with Crippen molar-refractivity contribution in [1.82, 2.24) is 0 Å². The Balaban J connectivity index is 2.40. The molecule has 2 heteroatoms. The van der Waals surface area contributed by atoms with Crippen molar-refractivity contribution in [3.63, 3.8) is 0 Å². The zero-order chi connectivity index (χ0) is 4.24. The van der Waals surface area contributed by atoms with Crippen LogP contribution in [0.25, 0.3) is 0 Å². The second kappa shape index (κ2) is 2.50. The van der Waals surface area contributed by atoms with Gasteiger partial charge in [-0.3, -0.25) is 0 Å². The second-order valence-electron chi connectivity index (χ2n) is 0.947. The average molecular weight is 115 g/mol. The monoisotopic (exact) mass is 115 g/mol. The Bertz CT molecular complexity index is 63.5. The van der Waals surface area contributed by atoms with Crippen LogP contribution in [0.15, 0.2) is 23.3 Å². The van der Waals surface area contributed by atoms with Gasteiger partial charge in [-0.15, -0.1) is 0 Å². The first-order valence-corrected chi connectivity index (χ1v) is 3.95. The highest BCUT2D eigenvalue weighted by Gasteiger charge is 1.76. The van der Waals surface area contributed by atoms with Gasteiger partial charge in [0.15, 0.2) is 0 Å². The minimum atomic E-state index is 0.934. The van der Waals surface area contributed by atoms with Gasteiger partial charge in [0.2, 0.25) is 0 Å². The molecule has 0 unspecified atom stereocenters. The van der Waals surface area contributed by atoms with E-state index in [9.17, 15) is 0 Å². The summed E-state index contributed by atoms with van der Waals surface area (Å²) < 4.78 is 0. The highest BCUT2D eigenvalue weighted by molar-refractivity contribution is 7.53. The Morgan fingerprint density at radius 2 is 1.83 bits per heavy atom. The lowest BCUT2D eigenvalue weighted by atomic mass is 11.2. The van der Waals surface area contributed by atoms with Crippen LogP contribution in [-0.4, -0.2) is 0 Å². The van der Waals surface area contributed by atoms with Crippen LogP contribution in [0.4, 0.5) is 0 Å². The molecule has 1 rings (SSSR count). The van der Waals surface area contributed by atoms with E-state index in [-0.39, 0.29) is 0 Å². The van der Waals surface area contributed by atoms with Gasteiger partial charge in [0, 0.05) is 0 Å². The summed E-state index contributed by atoms with van der Waals surface area (Å²) >= 11 is 0. The fourth-order valence-corrected chi connectivity index (χ4v) is 1.86. The largest absolute Gasteiger partial charge is 0.0748 e. The molecule has 0 atom stereocenters. The molecule has 0 aromatic heterocycles. The molecular weight excluding hydrogens is 110 g/mol. The van der Waals surface area contributed by atoms with Gasteiger partial charge in [-0.05, 0) is 8.58 Å². The minimum Gasteiger partial charge on any atom is -0.0748 e. The fraction of sp³-hybridized carbons (Fsp3) is 0. The predicted molar refractivity (Wildman–Crippen MR) is 33.5 cm³/mol. The first-order valence-electron chi connectivity index (χ1n) is 1.76. The summed E-state index contributed by atoms with van der Waals surface area (Å²) in [6.45, 7) is 0. The molecule has 0 N–H and O–H groups in total. The van der Waals surface area contributed by atoms with Crippen LogP contribution in [0.2, 0.25) is 0 Å². The molecule has 1 aliphatic rings. The highest BCUT2D eigenvalue weighted by atomic mass is 31.1. The van der Waals surface area contributed by atoms with E-state index >= 15 is 0 Å². The van der Waals surface area contributed by atoms with Gasteiger partial charge in [-0.1, -0.05) is 31.8 Å². The van der Waals surface area contributed by atoms with E-state index in [4.69, 9.17) is 0 Å². The van der Waals surface area contributed by atoms with Crippen molar-refractivity contribution >= 4 is 17.2 Å². The SMILES string of the molecule is C1=CPC=C[P]1. The second-order valence-corrected chi connectivity index (χ2v) is 2.84. The molecule has 0 amide bonds. The number of rotatable bonds is 0. The maximum atomic E-state index is 2.20. The van der Waals surface area contributed by atoms with Crippen LogP contribution in [0.3, 0.4) is 0 Å². The average Bonchev–Trinajstić information content (AvgIpc) is 1.72. The first-order chi connectivity index (χ1) is 3.00. The third kappa shape index (κ3) is 1.20. The molecular formula is C4H5P2. The molecule has 0 bridgehead atoms. The zero-order valence-electron chi connectivity index (χ0n) is 3.26. The van der Waals surface area contributed by atoms with Gasteiger partial charge in [0.05, 0.1) is 0 Å². The molecule has 0 aromatic carbocycles. The van der Waals surface area contributed by atoms with Gasteiger partial charge in [-0.25, -0.2) is 0 Å². The van der Waals surface area contributed by atoms with E-state index < -0.39 is 0 Å². The van der Waals surface area contributed by atoms with E-state index in [1.807, 2.05) is 0 Å². The molecule has 0 aliphatic carbocycles. The smallest absolute Gasteiger partial charge is 0.0260 e. The van der Waals surface area contributed by atoms with Crippen molar-refractivity contribution < 1.29 is 0 Å². The molecule has 31 valence electrons. The molecule has 1 radical (unpaired) electrons. The number of hydrogen-bond acceptors (Lipinski definition) is 0. The Kier molecular flexibility index (Phi) is 1.88. The summed E-state index contributed by atoms with van der Waals surface area (Å²) in [5.41, 5.74) is 0. The lowest BCUT2D eigenvalue weighted by molar-refractivity contribution is 2.37. The van der Waals surface area contributed by atoms with Crippen LogP contribution >= 0.6 is 17.2 Å². The maximum absolute atomic E-state index is 2.20. The van der Waals surface area contributed by atoms with Gasteiger partial charge in [0.1, 0.15) is 0 Å². The van der Waals surface area contributed by atoms with E-state index in [2.05, 4.69) is 23.3 Å². The third-order valence-electron chi connectivity index (χ3n) is 0.514. The van der Waals surface area contributed by atoms with E-state index in [0.29, 0.717) is 0 Å². The van der Waals surface area contributed by atoms with Gasteiger partial charge >= 0.3 is 0 Å². The van der Waals surface area contributed by atoms with Crippen molar-refractivity contribution in [3.8, 4) is 0 Å². The highest BCUT2D eigenvalue weighted by Crippen LogP contribution is 2.28. The van der Waals surface area contributed by atoms with E-state index in [1.54, 1.807) is 0 Å². The summed E-state index contributed by atoms with van der Waals surface area (Å²) in [4.78, 5) is 0. The molecule has 0 spiro atoms. The number of hydrogen-bond donors (Lipinski definition) is 0. The quantitative estimate of drug-likeness (QED) is 0.425. The summed E-state index contributed by atoms with van der Waals surface area (Å²) in [6, 6.07) is 0. The predicted octanol–water partition coefficient (Wildman–Crippen LogP) is 2.57. The maximum Gasteiger partial charge on any atom is -0.0260 e. The van der Waals surface area contributed by atoms with Crippen LogP contribution < -0.4 is 0 Å². The topological polar surface area (TPSA) is 0 Å². The van der Waals surface area contributed by atoms with Gasteiger partial charge in [0.25, 0.3) is 0 Å². The molecule has 0 saturated carbocycles. The molecule has 0 fully saturated rings. The Morgan fingerprint density at radius 1 is 1.17 bits per heavy atom. The van der Waals surface area contributed by atoms with Crippen molar-refractivity contribution in [3.05, 3.63) is 23.3 Å². The van der Waals surface area contributed by atoms with Crippen molar-refractivity contribution in [2.45, 2.75) is 0 Å². The standard InChI is InChI=1S/C4H5P2/c1-2-6-4-3-5-1/h1-5H. The lowest BCUT2D eigenvalue weighted by Gasteiger charge is -1.86. The van der Waals surface area contributed by atoms with E-state index in [0.717, 1.165) is 8.58 Å². The van der Waals surface area contributed by atoms with Gasteiger partial charge < -0.3 is 0 Å². The van der Waals surface area contributed by atoms with Crippen molar-refractivity contribution in [1.29, 1.82) is 0 Å². The summed E-state index contributed by atoms with van der Waals surface area (Å²) in [5.74, 6) is 8.72. The normalized spacial score (nSPS) is 26.7. The van der Waals surface area contributed by atoms with Crippen LogP contribution in [0.5, 0.6) is 0 Å². The molecule has 0 saturated heterocycles. The fourth-order valence-electron chi connectivity index (χ4n) is 0.277.